The summed E-state index contributed by atoms with van der Waals surface area (Å²) in [6.07, 6.45) is 3.21. The van der Waals surface area contributed by atoms with Gasteiger partial charge in [0.25, 0.3) is 0 Å². The zero-order valence-corrected chi connectivity index (χ0v) is 14.8. The van der Waals surface area contributed by atoms with E-state index in [1.165, 1.54) is 10.5 Å². The fraction of sp³-hybridized carbons (Fsp3) is 0.500. The Bertz CT molecular complexity index is 750. The van der Waals surface area contributed by atoms with E-state index in [0.29, 0.717) is 11.4 Å². The average Bonchev–Trinajstić information content (AvgIpc) is 2.94. The van der Waals surface area contributed by atoms with Crippen molar-refractivity contribution in [1.29, 1.82) is 0 Å². The fourth-order valence-electron chi connectivity index (χ4n) is 1.90. The summed E-state index contributed by atoms with van der Waals surface area (Å²) in [7, 11) is -0.324. The molecule has 0 radical (unpaired) electrons. The highest BCUT2D eigenvalue weighted by atomic mass is 79.9. The molecule has 0 unspecified atom stereocenters. The third kappa shape index (κ3) is 3.04. The van der Waals surface area contributed by atoms with E-state index in [0.717, 1.165) is 11.0 Å². The van der Waals surface area contributed by atoms with Gasteiger partial charge in [-0.05, 0) is 29.8 Å². The molecule has 2 aromatic rings. The predicted molar refractivity (Wildman–Crippen MR) is 82.2 cm³/mol. The molecule has 0 aliphatic heterocycles. The molecule has 0 atom stereocenters. The summed E-state index contributed by atoms with van der Waals surface area (Å²) in [4.78, 5) is 0.221. The van der Waals surface area contributed by atoms with Gasteiger partial charge in [-0.3, -0.25) is 9.36 Å². The monoisotopic (exact) mass is 375 g/mol. The summed E-state index contributed by atoms with van der Waals surface area (Å²) in [6, 6.07) is 0. The van der Waals surface area contributed by atoms with Crippen molar-refractivity contribution >= 4 is 26.0 Å². The van der Waals surface area contributed by atoms with E-state index in [1.807, 2.05) is 13.1 Å². The van der Waals surface area contributed by atoms with Crippen molar-refractivity contribution < 1.29 is 8.42 Å². The van der Waals surface area contributed by atoms with Crippen LogP contribution >= 0.6 is 15.9 Å². The zero-order valence-electron chi connectivity index (χ0n) is 12.4. The van der Waals surface area contributed by atoms with Gasteiger partial charge in [0.05, 0.1) is 28.6 Å². The van der Waals surface area contributed by atoms with E-state index in [1.54, 1.807) is 30.4 Å². The molecule has 0 spiro atoms. The number of hydrogen-bond donors (Lipinski definition) is 0. The number of halogens is 1. The first-order chi connectivity index (χ1) is 9.77. The highest BCUT2D eigenvalue weighted by molar-refractivity contribution is 9.10. The standard InChI is InChI=1S/C12H18BrN5O2S/c1-5-18-7-10(13)11(15-18)8-16(3)21(19,20)12-6-14-17(4)9(12)2/h6-7H,5,8H2,1-4H3. The lowest BCUT2D eigenvalue weighted by molar-refractivity contribution is 0.457. The van der Waals surface area contributed by atoms with Gasteiger partial charge in [0.15, 0.2) is 0 Å². The van der Waals surface area contributed by atoms with Crippen LogP contribution < -0.4 is 0 Å². The maximum absolute atomic E-state index is 12.6. The number of hydrogen-bond acceptors (Lipinski definition) is 4. The van der Waals surface area contributed by atoms with Crippen molar-refractivity contribution in [1.82, 2.24) is 23.9 Å². The first kappa shape index (κ1) is 16.2. The molecule has 0 fully saturated rings. The molecule has 0 amide bonds. The van der Waals surface area contributed by atoms with Gasteiger partial charge in [-0.15, -0.1) is 0 Å². The Balaban J connectivity index is 2.28. The number of sulfonamides is 1. The van der Waals surface area contributed by atoms with Gasteiger partial charge >= 0.3 is 0 Å². The number of aromatic nitrogens is 4. The highest BCUT2D eigenvalue weighted by Gasteiger charge is 2.26. The van der Waals surface area contributed by atoms with Gasteiger partial charge in [0.2, 0.25) is 10.0 Å². The van der Waals surface area contributed by atoms with Gasteiger partial charge < -0.3 is 0 Å². The molecule has 0 aromatic carbocycles. The molecule has 116 valence electrons. The lowest BCUT2D eigenvalue weighted by Gasteiger charge is -2.15. The van der Waals surface area contributed by atoms with E-state index in [4.69, 9.17) is 0 Å². The molecule has 2 rings (SSSR count). The quantitative estimate of drug-likeness (QED) is 0.793. The Morgan fingerprint density at radius 3 is 2.57 bits per heavy atom. The molecular formula is C12H18BrN5O2S. The van der Waals surface area contributed by atoms with E-state index in [9.17, 15) is 8.42 Å². The van der Waals surface area contributed by atoms with Crippen LogP contribution in [0.5, 0.6) is 0 Å². The van der Waals surface area contributed by atoms with Crippen LogP contribution in [-0.2, 0) is 30.2 Å². The normalized spacial score (nSPS) is 12.3. The predicted octanol–water partition coefficient (Wildman–Crippen LogP) is 1.53. The Morgan fingerprint density at radius 2 is 2.10 bits per heavy atom. The topological polar surface area (TPSA) is 73.0 Å². The Kier molecular flexibility index (Phi) is 4.54. The average molecular weight is 376 g/mol. The highest BCUT2D eigenvalue weighted by Crippen LogP contribution is 2.22. The molecule has 0 aliphatic carbocycles. The molecule has 9 heteroatoms. The summed E-state index contributed by atoms with van der Waals surface area (Å²) >= 11 is 3.41. The van der Waals surface area contributed by atoms with Crippen molar-refractivity contribution in [3.63, 3.8) is 0 Å². The van der Waals surface area contributed by atoms with Crippen molar-refractivity contribution in [2.45, 2.75) is 31.8 Å². The Hall–Kier alpha value is -1.19. The fourth-order valence-corrected chi connectivity index (χ4v) is 3.66. The Morgan fingerprint density at radius 1 is 1.43 bits per heavy atom. The van der Waals surface area contributed by atoms with Gasteiger partial charge in [-0.2, -0.15) is 14.5 Å². The largest absolute Gasteiger partial charge is 0.272 e. The zero-order chi connectivity index (χ0) is 15.8. The van der Waals surface area contributed by atoms with Gasteiger partial charge in [-0.25, -0.2) is 8.42 Å². The maximum atomic E-state index is 12.6. The van der Waals surface area contributed by atoms with Crippen LogP contribution in [0.4, 0.5) is 0 Å². The second-order valence-electron chi connectivity index (χ2n) is 4.76. The smallest absolute Gasteiger partial charge is 0.246 e. The third-order valence-electron chi connectivity index (χ3n) is 3.36. The van der Waals surface area contributed by atoms with Crippen LogP contribution in [0, 0.1) is 6.92 Å². The second-order valence-corrected chi connectivity index (χ2v) is 7.63. The summed E-state index contributed by atoms with van der Waals surface area (Å²) in [5.41, 5.74) is 1.30. The first-order valence-electron chi connectivity index (χ1n) is 6.44. The minimum atomic E-state index is -3.58. The van der Waals surface area contributed by atoms with E-state index in [-0.39, 0.29) is 11.4 Å². The lowest BCUT2D eigenvalue weighted by Crippen LogP contribution is -2.27. The molecule has 0 saturated heterocycles. The second kappa shape index (κ2) is 5.90. The van der Waals surface area contributed by atoms with Crippen molar-refractivity contribution in [2.24, 2.45) is 7.05 Å². The SMILES string of the molecule is CCn1cc(Br)c(CN(C)S(=O)(=O)c2cnn(C)c2C)n1. The van der Waals surface area contributed by atoms with Gasteiger partial charge in [-0.1, -0.05) is 0 Å². The minimum Gasteiger partial charge on any atom is -0.272 e. The first-order valence-corrected chi connectivity index (χ1v) is 8.67. The Labute approximate surface area is 132 Å². The van der Waals surface area contributed by atoms with E-state index in [2.05, 4.69) is 26.1 Å². The number of rotatable bonds is 5. The van der Waals surface area contributed by atoms with E-state index < -0.39 is 10.0 Å². The molecule has 0 bridgehead atoms. The van der Waals surface area contributed by atoms with Crippen LogP contribution in [-0.4, -0.2) is 39.3 Å². The van der Waals surface area contributed by atoms with Crippen LogP contribution in [0.3, 0.4) is 0 Å². The summed E-state index contributed by atoms with van der Waals surface area (Å²) in [6.45, 7) is 4.64. The van der Waals surface area contributed by atoms with Crippen LogP contribution in [0.25, 0.3) is 0 Å². The molecule has 2 heterocycles. The van der Waals surface area contributed by atoms with Crippen molar-refractivity contribution in [3.8, 4) is 0 Å². The van der Waals surface area contributed by atoms with Crippen molar-refractivity contribution in [2.75, 3.05) is 7.05 Å². The molecule has 21 heavy (non-hydrogen) atoms. The maximum Gasteiger partial charge on any atom is 0.246 e. The third-order valence-corrected chi connectivity index (χ3v) is 5.93. The van der Waals surface area contributed by atoms with Crippen molar-refractivity contribution in [3.05, 3.63) is 28.3 Å². The number of nitrogens with zero attached hydrogens (tertiary/aromatic N) is 5. The van der Waals surface area contributed by atoms with Gasteiger partial charge in [0, 0.05) is 26.8 Å². The van der Waals surface area contributed by atoms with Gasteiger partial charge in [0.1, 0.15) is 4.90 Å². The van der Waals surface area contributed by atoms with Crippen LogP contribution in [0.1, 0.15) is 18.3 Å². The minimum absolute atomic E-state index is 0.199. The summed E-state index contributed by atoms with van der Waals surface area (Å²) in [5.74, 6) is 0. The molecule has 2 aromatic heterocycles. The molecule has 7 nitrogen and oxygen atoms in total. The number of aryl methyl sites for hydroxylation is 2. The molecule has 0 aliphatic rings. The van der Waals surface area contributed by atoms with E-state index >= 15 is 0 Å². The van der Waals surface area contributed by atoms with Crippen LogP contribution in [0.2, 0.25) is 0 Å². The molecule has 0 N–H and O–H groups in total. The summed E-state index contributed by atoms with van der Waals surface area (Å²) in [5, 5.41) is 8.33. The molecule has 0 saturated carbocycles. The summed E-state index contributed by atoms with van der Waals surface area (Å²) < 4.78 is 30.5. The molecular weight excluding hydrogens is 358 g/mol. The van der Waals surface area contributed by atoms with Crippen LogP contribution in [0.15, 0.2) is 21.8 Å². The lowest BCUT2D eigenvalue weighted by atomic mass is 10.4.